The molecule has 0 bridgehead atoms. The second kappa shape index (κ2) is 26.6. The fourth-order valence-electron chi connectivity index (χ4n) is 6.39. The van der Waals surface area contributed by atoms with Crippen LogP contribution in [-0.2, 0) is 14.4 Å². The summed E-state index contributed by atoms with van der Waals surface area (Å²) >= 11 is 22.9. The quantitative estimate of drug-likeness (QED) is 0.0757. The predicted octanol–water partition coefficient (Wildman–Crippen LogP) is 12.6. The molecule has 3 atom stereocenters. The molecular formula is C48H54Cl4N2O6. The first-order valence-corrected chi connectivity index (χ1v) is 21.2. The average molecular weight is 897 g/mol. The predicted molar refractivity (Wildman–Crippen MR) is 247 cm³/mol. The summed E-state index contributed by atoms with van der Waals surface area (Å²) in [6, 6.07) is 26.7. The van der Waals surface area contributed by atoms with Gasteiger partial charge in [0.05, 0.1) is 24.9 Å². The van der Waals surface area contributed by atoms with Crippen LogP contribution in [-0.4, -0.2) is 60.5 Å². The molecule has 2 N–H and O–H groups in total. The number of carboxylic acids is 1. The highest BCUT2D eigenvalue weighted by atomic mass is 35.5. The maximum atomic E-state index is 13.0. The van der Waals surface area contributed by atoms with E-state index in [-0.39, 0.29) is 23.0 Å². The summed E-state index contributed by atoms with van der Waals surface area (Å²) in [5.41, 5.74) is 3.18. The summed E-state index contributed by atoms with van der Waals surface area (Å²) in [4.78, 5) is 37.5. The molecule has 1 aliphatic heterocycles. The number of hydrogen-bond acceptors (Lipinski definition) is 6. The van der Waals surface area contributed by atoms with Crippen LogP contribution >= 0.6 is 46.4 Å². The Kier molecular flexibility index (Phi) is 22.1. The van der Waals surface area contributed by atoms with Gasteiger partial charge in [-0.1, -0.05) is 96.4 Å². The van der Waals surface area contributed by atoms with Gasteiger partial charge in [-0.25, -0.2) is 0 Å². The van der Waals surface area contributed by atoms with Gasteiger partial charge in [0.1, 0.15) is 6.61 Å². The Morgan fingerprint density at radius 2 is 1.18 bits per heavy atom. The lowest BCUT2D eigenvalue weighted by Gasteiger charge is -2.30. The fraction of sp³-hybridized carbons (Fsp3) is 0.312. The van der Waals surface area contributed by atoms with E-state index < -0.39 is 11.9 Å². The van der Waals surface area contributed by atoms with Crippen LogP contribution in [0.25, 0.3) is 0 Å². The molecule has 0 saturated carbocycles. The molecule has 1 amide bonds. The van der Waals surface area contributed by atoms with Crippen molar-refractivity contribution in [1.82, 2.24) is 4.90 Å². The zero-order valence-electron chi connectivity index (χ0n) is 34.1. The molecule has 5 rings (SSSR count). The van der Waals surface area contributed by atoms with E-state index in [0.717, 1.165) is 42.2 Å². The van der Waals surface area contributed by atoms with Crippen LogP contribution < -0.4 is 14.8 Å². The highest BCUT2D eigenvalue weighted by Gasteiger charge is 2.21. The van der Waals surface area contributed by atoms with Crippen LogP contribution in [0.3, 0.4) is 0 Å². The molecule has 1 aliphatic rings. The summed E-state index contributed by atoms with van der Waals surface area (Å²) < 4.78 is 11.5. The molecule has 4 aromatic carbocycles. The van der Waals surface area contributed by atoms with Gasteiger partial charge < -0.3 is 19.9 Å². The van der Waals surface area contributed by atoms with Crippen molar-refractivity contribution in [2.75, 3.05) is 38.7 Å². The number of nitrogens with zero attached hydrogens (tertiary/aromatic N) is 1. The Balaban J connectivity index is 0.000000283. The number of ether oxygens (including phenoxy) is 2. The van der Waals surface area contributed by atoms with Crippen LogP contribution in [0.2, 0.25) is 15.1 Å². The lowest BCUT2D eigenvalue weighted by Crippen LogP contribution is -2.35. The molecule has 0 aliphatic carbocycles. The third-order valence-corrected chi connectivity index (χ3v) is 10.9. The number of halogens is 4. The summed E-state index contributed by atoms with van der Waals surface area (Å²) in [5, 5.41) is 13.5. The number of anilines is 1. The second-order valence-corrected chi connectivity index (χ2v) is 15.9. The first kappa shape index (κ1) is 49.8. The van der Waals surface area contributed by atoms with Crippen molar-refractivity contribution in [3.05, 3.63) is 161 Å². The molecule has 0 radical (unpaired) electrons. The number of carbonyl (C=O) groups is 3. The van der Waals surface area contributed by atoms with Gasteiger partial charge in [0.25, 0.3) is 0 Å². The van der Waals surface area contributed by atoms with Crippen LogP contribution in [0.15, 0.2) is 129 Å². The number of benzene rings is 4. The van der Waals surface area contributed by atoms with Crippen LogP contribution in [0, 0.1) is 5.92 Å². The Morgan fingerprint density at radius 1 is 0.733 bits per heavy atom. The molecule has 1 heterocycles. The van der Waals surface area contributed by atoms with Crippen LogP contribution in [0.1, 0.15) is 73.5 Å². The monoisotopic (exact) mass is 894 g/mol. The van der Waals surface area contributed by atoms with Gasteiger partial charge in [0.2, 0.25) is 11.1 Å². The minimum atomic E-state index is -0.841. The van der Waals surface area contributed by atoms with Crippen molar-refractivity contribution in [2.45, 2.75) is 56.8 Å². The van der Waals surface area contributed by atoms with E-state index in [1.807, 2.05) is 30.3 Å². The summed E-state index contributed by atoms with van der Waals surface area (Å²) in [6.45, 7) is 16.9. The molecule has 8 nitrogen and oxygen atoms in total. The summed E-state index contributed by atoms with van der Waals surface area (Å²) in [5.74, 6) is -0.0460. The van der Waals surface area contributed by atoms with Crippen molar-refractivity contribution in [3.8, 4) is 11.5 Å². The largest absolute Gasteiger partial charge is 0.493 e. The highest BCUT2D eigenvalue weighted by Crippen LogP contribution is 2.32. The van der Waals surface area contributed by atoms with E-state index in [0.29, 0.717) is 58.1 Å². The SMILES string of the molecule is C=CCC(C(=O)Cl)c1ccc(Cl)cc1.C=CCC(C(=O)Nc1ccc(OC)c(OCCN2CCC(C)CC2)c1)c1ccc(Cl)cc1.C=CCC(C(=O)O)c1ccc(Cl)cc1. The Labute approximate surface area is 374 Å². The molecule has 12 heteroatoms. The second-order valence-electron chi connectivity index (χ2n) is 14.3. The number of amides is 1. The Bertz CT molecular complexity index is 1910. The van der Waals surface area contributed by atoms with Crippen molar-refractivity contribution >= 4 is 69.2 Å². The zero-order chi connectivity index (χ0) is 44.0. The first-order valence-electron chi connectivity index (χ1n) is 19.6. The fourth-order valence-corrected chi connectivity index (χ4v) is 6.98. The van der Waals surface area contributed by atoms with E-state index in [1.165, 1.54) is 12.8 Å². The number of methoxy groups -OCH3 is 1. The summed E-state index contributed by atoms with van der Waals surface area (Å²) in [6.07, 6.45) is 9.02. The lowest BCUT2D eigenvalue weighted by atomic mass is 9.94. The number of carbonyl (C=O) groups excluding carboxylic acids is 2. The minimum Gasteiger partial charge on any atom is -0.493 e. The van der Waals surface area contributed by atoms with Gasteiger partial charge in [0.15, 0.2) is 11.5 Å². The molecule has 4 aromatic rings. The van der Waals surface area contributed by atoms with Gasteiger partial charge in [-0.15, -0.1) is 19.7 Å². The van der Waals surface area contributed by atoms with Crippen LogP contribution in [0.5, 0.6) is 11.5 Å². The summed E-state index contributed by atoms with van der Waals surface area (Å²) in [7, 11) is 1.62. The molecule has 1 saturated heterocycles. The lowest BCUT2D eigenvalue weighted by molar-refractivity contribution is -0.138. The molecular weight excluding hydrogens is 842 g/mol. The van der Waals surface area contributed by atoms with Crippen LogP contribution in [0.4, 0.5) is 5.69 Å². The molecule has 0 aromatic heterocycles. The number of piperidine rings is 1. The highest BCUT2D eigenvalue weighted by molar-refractivity contribution is 6.64. The maximum absolute atomic E-state index is 13.0. The van der Waals surface area contributed by atoms with E-state index in [4.69, 9.17) is 61.0 Å². The van der Waals surface area contributed by atoms with Crippen molar-refractivity contribution < 1.29 is 29.0 Å². The molecule has 3 unspecified atom stereocenters. The van der Waals surface area contributed by atoms with Crippen molar-refractivity contribution in [2.24, 2.45) is 5.92 Å². The molecule has 320 valence electrons. The number of allylic oxidation sites excluding steroid dienone is 3. The van der Waals surface area contributed by atoms with Crippen molar-refractivity contribution in [1.29, 1.82) is 0 Å². The molecule has 0 spiro atoms. The first-order chi connectivity index (χ1) is 28.8. The van der Waals surface area contributed by atoms with Gasteiger partial charge in [-0.3, -0.25) is 19.3 Å². The standard InChI is InChI=1S/C26H33ClN2O3.C11H10Cl2O.C11H11ClO2/c1-4-5-23(20-6-8-21(27)9-7-20)26(30)28-22-10-11-24(31-3)25(18-22)32-17-16-29-14-12-19(2)13-15-29;2*1-2-3-10(11(13)14)8-4-6-9(12)7-5-8/h4,6-11,18-19,23H,1,5,12-17H2,2-3H3,(H,28,30);2,4-7,10H,1,3H2;2,4-7,10H,1,3H2,(H,13,14). The zero-order valence-corrected chi connectivity index (χ0v) is 37.2. The topological polar surface area (TPSA) is 105 Å². The number of nitrogens with one attached hydrogen (secondary N) is 1. The molecule has 60 heavy (non-hydrogen) atoms. The van der Waals surface area contributed by atoms with Gasteiger partial charge in [-0.2, -0.15) is 0 Å². The minimum absolute atomic E-state index is 0.106. The van der Waals surface area contributed by atoms with E-state index >= 15 is 0 Å². The normalized spacial score (nSPS) is 14.0. The number of likely N-dealkylation sites (tertiary alicyclic amines) is 1. The third-order valence-electron chi connectivity index (χ3n) is 9.89. The van der Waals surface area contributed by atoms with Gasteiger partial charge >= 0.3 is 5.97 Å². The van der Waals surface area contributed by atoms with E-state index in [2.05, 4.69) is 36.9 Å². The smallest absolute Gasteiger partial charge is 0.311 e. The van der Waals surface area contributed by atoms with Gasteiger partial charge in [-0.05, 0) is 128 Å². The molecule has 1 fully saturated rings. The third kappa shape index (κ3) is 16.8. The number of aliphatic carboxylic acids is 1. The number of rotatable bonds is 18. The van der Waals surface area contributed by atoms with E-state index in [9.17, 15) is 14.4 Å². The van der Waals surface area contributed by atoms with Crippen molar-refractivity contribution in [3.63, 3.8) is 0 Å². The van der Waals surface area contributed by atoms with Gasteiger partial charge in [0, 0.05) is 33.4 Å². The number of hydrogen-bond donors (Lipinski definition) is 2. The number of carboxylic acid groups (broad SMARTS) is 1. The Hall–Kier alpha value is -4.57. The Morgan fingerprint density at radius 3 is 1.63 bits per heavy atom. The van der Waals surface area contributed by atoms with E-state index in [1.54, 1.807) is 86.0 Å². The average Bonchev–Trinajstić information content (AvgIpc) is 3.23. The maximum Gasteiger partial charge on any atom is 0.311 e.